The van der Waals surface area contributed by atoms with E-state index in [1.807, 2.05) is 27.7 Å². The van der Waals surface area contributed by atoms with Crippen LogP contribution in [0.1, 0.15) is 130 Å². The van der Waals surface area contributed by atoms with Crippen LogP contribution in [0.5, 0.6) is 0 Å². The third-order valence-corrected chi connectivity index (χ3v) is 37.0. The van der Waals surface area contributed by atoms with Gasteiger partial charge in [0.25, 0.3) is 0 Å². The lowest BCUT2D eigenvalue weighted by molar-refractivity contribution is -0.167. The Bertz CT molecular complexity index is 6670. The van der Waals surface area contributed by atoms with E-state index in [9.17, 15) is 106 Å². The average Bonchev–Trinajstić information content (AvgIpc) is 1.59. The summed E-state index contributed by atoms with van der Waals surface area (Å²) in [5, 5.41) is 0.219. The molecule has 4 unspecified atom stereocenters. The fraction of sp³-hybridized carbons (Fsp3) is 0.506. The van der Waals surface area contributed by atoms with Crippen LogP contribution in [0.4, 0.5) is 0 Å². The highest BCUT2D eigenvalue weighted by molar-refractivity contribution is 7.93. The predicted octanol–water partition coefficient (Wildman–Crippen LogP) is 6.83. The molecule has 138 heavy (non-hydrogen) atoms. The molecule has 51 heteroatoms. The first kappa shape index (κ1) is 111. The molecular weight excluding hydrogens is 1970 g/mol. The zero-order valence-electron chi connectivity index (χ0n) is 78.0. The van der Waals surface area contributed by atoms with E-state index in [-0.39, 0.29) is 127 Å². The van der Waals surface area contributed by atoms with E-state index >= 15 is 0 Å². The fourth-order valence-electron chi connectivity index (χ4n) is 14.5. The molecule has 0 fully saturated rings. The van der Waals surface area contributed by atoms with Crippen molar-refractivity contribution in [1.29, 1.82) is 0 Å². The number of benzene rings is 4. The smallest absolute Gasteiger partial charge is 0.347 e. The van der Waals surface area contributed by atoms with Crippen LogP contribution >= 0.6 is 0 Å². The quantitative estimate of drug-likeness (QED) is 0.0224. The van der Waals surface area contributed by atoms with Crippen molar-refractivity contribution >= 4 is 171 Å². The molecular formula is C87H113N11O32S8. The van der Waals surface area contributed by atoms with Crippen LogP contribution in [-0.4, -0.2) is 320 Å². The molecule has 2 aliphatic rings. The largest absolute Gasteiger partial charge is 0.466 e. The molecule has 756 valence electrons. The maximum absolute atomic E-state index is 14.7. The van der Waals surface area contributed by atoms with Crippen molar-refractivity contribution in [2.75, 3.05) is 128 Å². The lowest BCUT2D eigenvalue weighted by atomic mass is 10.1. The summed E-state index contributed by atoms with van der Waals surface area (Å²) in [5.74, 6) is -15.1. The van der Waals surface area contributed by atoms with E-state index < -0.39 is 264 Å². The minimum Gasteiger partial charge on any atom is -0.466 e. The van der Waals surface area contributed by atoms with Gasteiger partial charge in [-0.2, -0.15) is 17.2 Å². The van der Waals surface area contributed by atoms with E-state index in [4.69, 9.17) is 62.8 Å². The lowest BCUT2D eigenvalue weighted by Gasteiger charge is -2.20. The van der Waals surface area contributed by atoms with E-state index in [1.54, 1.807) is 0 Å². The van der Waals surface area contributed by atoms with Crippen LogP contribution in [-0.2, 0) is 156 Å². The number of ether oxygens (including phenoxy) is 8. The van der Waals surface area contributed by atoms with Gasteiger partial charge in [-0.15, -0.1) is 0 Å². The Morgan fingerprint density at radius 1 is 0.341 bits per heavy atom. The van der Waals surface area contributed by atoms with E-state index in [1.165, 1.54) is 84.9 Å². The number of H-pyrrole nitrogens is 2. The van der Waals surface area contributed by atoms with E-state index in [2.05, 4.69) is 16.5 Å². The number of unbranched alkanes of at least 4 members (excludes halogenated alkanes) is 4. The second-order valence-electron chi connectivity index (χ2n) is 32.5. The maximum Gasteiger partial charge on any atom is 0.347 e. The van der Waals surface area contributed by atoms with Crippen LogP contribution in [0.2, 0.25) is 0 Å². The Kier molecular flexibility index (Phi) is 38.5. The topological polar surface area (TPSA) is 593 Å². The molecule has 0 saturated heterocycles. The number of methoxy groups -OCH3 is 3. The van der Waals surface area contributed by atoms with Gasteiger partial charge in [-0.05, 0) is 156 Å². The number of carbonyl (C=O) groups excluding carboxylic acids is 8. The second kappa shape index (κ2) is 47.9. The number of likely N-dealkylation sites (N-methyl/N-ethyl adjacent to an activating group) is 4. The molecule has 0 saturated carbocycles. The zero-order chi connectivity index (χ0) is 102. The van der Waals surface area contributed by atoms with Crippen LogP contribution in [0.3, 0.4) is 0 Å². The van der Waals surface area contributed by atoms with Gasteiger partial charge in [-0.25, -0.2) is 111 Å². The number of fused-ring (bicyclic) bond motifs is 20. The minimum atomic E-state index is -4.54. The zero-order valence-corrected chi connectivity index (χ0v) is 84.5. The maximum atomic E-state index is 14.7. The minimum absolute atomic E-state index is 0.00929. The number of rotatable bonds is 54. The monoisotopic (exact) mass is 2080 g/mol. The normalized spacial score (nSPS) is 13.6. The Hall–Kier alpha value is -10.8. The molecule has 5 heterocycles. The summed E-state index contributed by atoms with van der Waals surface area (Å²) in [6, 6.07) is 16.2. The summed E-state index contributed by atoms with van der Waals surface area (Å²) in [5.41, 5.74) is -0.491. The first-order chi connectivity index (χ1) is 64.9. The molecule has 2 N–H and O–H groups in total. The van der Waals surface area contributed by atoms with Crippen LogP contribution < -0.4 is 0 Å². The van der Waals surface area contributed by atoms with Crippen molar-refractivity contribution in [3.63, 3.8) is 0 Å². The molecule has 4 atom stereocenters. The van der Waals surface area contributed by atoms with Gasteiger partial charge in [0.1, 0.15) is 49.7 Å². The molecule has 43 nitrogen and oxygen atoms in total. The fourth-order valence-corrected chi connectivity index (χ4v) is 25.0. The number of carbonyl (C=O) groups is 8. The second-order valence-corrected chi connectivity index (χ2v) is 49.8. The highest BCUT2D eigenvalue weighted by Gasteiger charge is 2.36. The van der Waals surface area contributed by atoms with Gasteiger partial charge in [0.05, 0.1) is 92.6 Å². The average molecular weight is 2080 g/mol. The molecule has 9 rings (SSSR count). The number of hydrogen-bond acceptors (Lipinski definition) is 37. The van der Waals surface area contributed by atoms with Gasteiger partial charge in [0.2, 0.25) is 40.1 Å². The number of sulfonamides is 4. The van der Waals surface area contributed by atoms with Gasteiger partial charge in [0, 0.05) is 77.5 Å². The van der Waals surface area contributed by atoms with Crippen molar-refractivity contribution in [1.82, 2.24) is 52.1 Å². The molecule has 2 aliphatic heterocycles. The molecule has 3 aromatic heterocycles. The summed E-state index contributed by atoms with van der Waals surface area (Å²) in [6.07, 6.45) is -1.57. The SMILES string of the molecule is C=CCOC(=O)C(CCCC)OC(=O)CN(C)S(=O)(=O)CCCS(=O)(=O)c1ccc2c3nc4nc(nc5[nH]c(nc6nc(cc([nH]3)c2c1)-c1cc(S(=O)(=O)CCCS(=O)(=O)N(C)CC(=O)OC(CCCC)C(=O)OC)ccc1-6)c1ccc(S(=O)(=O)CCCS(=O)(=O)N(C)CC(=O)OC(CCCC)C(=O)OC)cc51)-c1cc(S(=O)(=O)CCCS(=O)(=O)N(C)CC(=O)OC(CCCC)C(=O)OC)ccc1-4. The summed E-state index contributed by atoms with van der Waals surface area (Å²) in [7, 11) is -28.3. The Balaban J connectivity index is 1.17. The van der Waals surface area contributed by atoms with Gasteiger partial charge in [-0.3, -0.25) is 19.2 Å². The van der Waals surface area contributed by atoms with Gasteiger partial charge in [0.15, 0.2) is 81.2 Å². The van der Waals surface area contributed by atoms with Crippen LogP contribution in [0, 0.1) is 0 Å². The molecule has 7 aromatic rings. The lowest BCUT2D eigenvalue weighted by Crippen LogP contribution is -2.38. The molecule has 8 bridgehead atoms. The van der Waals surface area contributed by atoms with Crippen LogP contribution in [0.25, 0.3) is 89.4 Å². The number of sulfone groups is 4. The van der Waals surface area contributed by atoms with Crippen molar-refractivity contribution in [3.05, 3.63) is 91.5 Å². The Morgan fingerprint density at radius 3 is 0.993 bits per heavy atom. The van der Waals surface area contributed by atoms with Crippen molar-refractivity contribution in [2.24, 2.45) is 0 Å². The third kappa shape index (κ3) is 28.8. The number of nitrogens with zero attached hydrogens (tertiary/aromatic N) is 9. The van der Waals surface area contributed by atoms with Gasteiger partial charge >= 0.3 is 47.8 Å². The third-order valence-electron chi connectivity index (χ3n) is 22.3. The van der Waals surface area contributed by atoms with Gasteiger partial charge < -0.3 is 47.9 Å². The standard InChI is InChI=1S/C87H113N11O32S8/c1-13-18-26-70(84(103)123-10)127-74(99)52-95(6)135(115,116)43-22-39-131(107,108)56-30-34-60-64(47-56)68-51-69-65-48-57(132(109,110)40-23-44-138(121,122)98(9)55-77(102)130-73(29-21-16-4)87(106)126-38-17-5)31-35-61(65)79(89-69)91-81-63-37-33-59(134(113,114)42-25-46-137(119,120)97(8)54-76(101)129-72(28-20-15-3)86(105)125-12)50-67(63)83(93-81)94-82-66-49-58(32-36-62(66)80(92-82)90-78(60)88-68)133(111,112)41-24-45-136(117,118)96(7)53-75(100)128-71(27-19-14-2)85(104)124-11/h17,30-37,47-51,70-73H,5,13-16,18-29,38-46,52-55H2,1-4,6-12H3,(H2,88,89,90,91,92,93,94). The summed E-state index contributed by atoms with van der Waals surface area (Å²) >= 11 is 0. The first-order valence-corrected chi connectivity index (χ1v) is 57.0. The number of nitrogens with one attached hydrogen (secondary N) is 2. The summed E-state index contributed by atoms with van der Waals surface area (Å²) in [4.78, 5) is 132. The summed E-state index contributed by atoms with van der Waals surface area (Å²) in [6.45, 7) is 7.18. The van der Waals surface area contributed by atoms with Crippen molar-refractivity contribution < 1.29 is 144 Å². The summed E-state index contributed by atoms with van der Waals surface area (Å²) < 4.78 is 270. The molecule has 0 aliphatic carbocycles. The van der Waals surface area contributed by atoms with Crippen molar-refractivity contribution in [2.45, 2.75) is 174 Å². The van der Waals surface area contributed by atoms with Crippen molar-refractivity contribution in [3.8, 4) is 45.4 Å². The Morgan fingerprint density at radius 2 is 0.638 bits per heavy atom. The van der Waals surface area contributed by atoms with Gasteiger partial charge in [-0.1, -0.05) is 66.0 Å². The van der Waals surface area contributed by atoms with E-state index in [0.29, 0.717) is 68.6 Å². The van der Waals surface area contributed by atoms with E-state index in [0.717, 1.165) is 49.5 Å². The Labute approximate surface area is 801 Å². The number of hydrogen-bond donors (Lipinski definition) is 2. The number of aromatic amines is 2. The molecule has 4 aromatic carbocycles. The highest BCUT2D eigenvalue weighted by Crippen LogP contribution is 2.41. The molecule has 0 amide bonds. The predicted molar refractivity (Wildman–Crippen MR) is 505 cm³/mol. The first-order valence-electron chi connectivity index (χ1n) is 43.9. The number of esters is 8. The van der Waals surface area contributed by atoms with Crippen LogP contribution in [0.15, 0.2) is 111 Å². The highest BCUT2D eigenvalue weighted by atomic mass is 32.2. The molecule has 0 spiro atoms. The molecule has 0 radical (unpaired) electrons. The number of aromatic nitrogens is 7.